The van der Waals surface area contributed by atoms with E-state index in [1.54, 1.807) is 30.3 Å². The molecule has 1 heterocycles. The first-order chi connectivity index (χ1) is 12.4. The van der Waals surface area contributed by atoms with Gasteiger partial charge in [-0.15, -0.1) is 12.4 Å². The van der Waals surface area contributed by atoms with E-state index in [1.807, 2.05) is 12.3 Å². The van der Waals surface area contributed by atoms with Crippen LogP contribution in [0.25, 0.3) is 10.9 Å². The second-order valence-electron chi connectivity index (χ2n) is 6.13. The number of hydrogen-bond acceptors (Lipinski definition) is 3. The van der Waals surface area contributed by atoms with Crippen molar-refractivity contribution in [3.8, 4) is 5.75 Å². The van der Waals surface area contributed by atoms with E-state index in [0.29, 0.717) is 29.4 Å². The fourth-order valence-corrected chi connectivity index (χ4v) is 3.33. The summed E-state index contributed by atoms with van der Waals surface area (Å²) in [6.07, 6.45) is 2.84. The lowest BCUT2D eigenvalue weighted by molar-refractivity contribution is -0.122. The number of nitrogens with one attached hydrogen (secondary N) is 2. The average Bonchev–Trinajstić information content (AvgIpc) is 2.99. The Hall–Kier alpha value is -1.92. The van der Waals surface area contributed by atoms with Crippen molar-refractivity contribution in [2.45, 2.75) is 18.9 Å². The predicted molar refractivity (Wildman–Crippen MR) is 112 cm³/mol. The third-order valence-electron chi connectivity index (χ3n) is 4.24. The van der Waals surface area contributed by atoms with Gasteiger partial charge in [0, 0.05) is 33.7 Å². The zero-order valence-corrected chi connectivity index (χ0v) is 16.7. The van der Waals surface area contributed by atoms with Crippen LogP contribution in [0.3, 0.4) is 0 Å². The van der Waals surface area contributed by atoms with E-state index in [0.717, 1.165) is 22.0 Å². The molecule has 0 unspecified atom stereocenters. The summed E-state index contributed by atoms with van der Waals surface area (Å²) in [6, 6.07) is 9.59. The molecule has 0 aliphatic heterocycles. The summed E-state index contributed by atoms with van der Waals surface area (Å²) in [5.74, 6) is -0.0250. The number of phenolic OH excluding ortho intramolecular Hbond substituents is 1. The van der Waals surface area contributed by atoms with E-state index in [-0.39, 0.29) is 24.1 Å². The molecule has 1 atom stereocenters. The van der Waals surface area contributed by atoms with Crippen LogP contribution in [0.1, 0.15) is 11.1 Å². The highest BCUT2D eigenvalue weighted by molar-refractivity contribution is 6.35. The monoisotopic (exact) mass is 427 g/mol. The van der Waals surface area contributed by atoms with Crippen LogP contribution >= 0.6 is 35.6 Å². The molecule has 0 fully saturated rings. The molecule has 27 heavy (non-hydrogen) atoms. The average molecular weight is 429 g/mol. The quantitative estimate of drug-likeness (QED) is 0.481. The second-order valence-corrected chi connectivity index (χ2v) is 6.97. The van der Waals surface area contributed by atoms with E-state index in [2.05, 4.69) is 10.3 Å². The van der Waals surface area contributed by atoms with Gasteiger partial charge in [-0.25, -0.2) is 0 Å². The minimum Gasteiger partial charge on any atom is -0.508 e. The lowest BCUT2D eigenvalue weighted by Gasteiger charge is -2.13. The molecular weight excluding hydrogens is 409 g/mol. The number of aromatic nitrogens is 1. The maximum atomic E-state index is 12.2. The van der Waals surface area contributed by atoms with Gasteiger partial charge in [0.05, 0.1) is 6.04 Å². The Balaban J connectivity index is 0.00000261. The smallest absolute Gasteiger partial charge is 0.237 e. The van der Waals surface area contributed by atoms with Crippen LogP contribution in [-0.4, -0.2) is 28.6 Å². The maximum absolute atomic E-state index is 12.2. The first kappa shape index (κ1) is 21.4. The molecule has 0 radical (unpaired) electrons. The van der Waals surface area contributed by atoms with Gasteiger partial charge < -0.3 is 21.1 Å². The van der Waals surface area contributed by atoms with Crippen LogP contribution in [0.5, 0.6) is 5.75 Å². The summed E-state index contributed by atoms with van der Waals surface area (Å²) in [4.78, 5) is 15.4. The van der Waals surface area contributed by atoms with Gasteiger partial charge in [0.2, 0.25) is 5.91 Å². The Kier molecular flexibility index (Phi) is 7.39. The molecule has 5 N–H and O–H groups in total. The first-order valence-electron chi connectivity index (χ1n) is 8.20. The number of phenols is 1. The van der Waals surface area contributed by atoms with Crippen molar-refractivity contribution in [2.24, 2.45) is 5.73 Å². The summed E-state index contributed by atoms with van der Waals surface area (Å²) < 4.78 is 0. The van der Waals surface area contributed by atoms with E-state index >= 15 is 0 Å². The molecule has 0 spiro atoms. The molecule has 8 heteroatoms. The molecule has 2 aromatic carbocycles. The molecule has 1 amide bonds. The molecule has 0 aliphatic carbocycles. The van der Waals surface area contributed by atoms with Gasteiger partial charge in [-0.05, 0) is 54.3 Å². The third-order valence-corrected chi connectivity index (χ3v) is 4.82. The van der Waals surface area contributed by atoms with Crippen molar-refractivity contribution < 1.29 is 9.90 Å². The summed E-state index contributed by atoms with van der Waals surface area (Å²) in [6.45, 7) is 0.448. The van der Waals surface area contributed by atoms with Crippen LogP contribution < -0.4 is 11.1 Å². The number of H-pyrrole nitrogens is 1. The van der Waals surface area contributed by atoms with E-state index in [4.69, 9.17) is 28.9 Å². The van der Waals surface area contributed by atoms with Crippen LogP contribution in [0, 0.1) is 0 Å². The van der Waals surface area contributed by atoms with E-state index in [1.165, 1.54) is 0 Å². The number of hydrogen-bond donors (Lipinski definition) is 4. The normalized spacial score (nSPS) is 11.8. The number of fused-ring (bicyclic) bond motifs is 1. The Labute approximate surface area is 173 Å². The Bertz CT molecular complexity index is 943. The molecule has 3 rings (SSSR count). The molecule has 144 valence electrons. The molecule has 3 aromatic rings. The maximum Gasteiger partial charge on any atom is 0.237 e. The number of aromatic amines is 1. The summed E-state index contributed by atoms with van der Waals surface area (Å²) >= 11 is 12.0. The number of amides is 1. The SMILES string of the molecule is Cl.N[C@H](Cc1ccc(Cl)cc1Cl)C(=O)NCCc1c[nH]c2ccc(O)cc12. The topological polar surface area (TPSA) is 91.1 Å². The van der Waals surface area contributed by atoms with Gasteiger partial charge in [-0.1, -0.05) is 29.3 Å². The van der Waals surface area contributed by atoms with Gasteiger partial charge in [0.1, 0.15) is 5.75 Å². The molecule has 0 aliphatic rings. The van der Waals surface area contributed by atoms with Gasteiger partial charge in [-0.2, -0.15) is 0 Å². The molecular formula is C19H20Cl3N3O2. The molecule has 0 bridgehead atoms. The second kappa shape index (κ2) is 9.33. The van der Waals surface area contributed by atoms with Gasteiger partial charge in [0.15, 0.2) is 0 Å². The number of carbonyl (C=O) groups excluding carboxylic acids is 1. The molecule has 0 saturated heterocycles. The van der Waals surface area contributed by atoms with Crippen LogP contribution in [0.2, 0.25) is 10.0 Å². The van der Waals surface area contributed by atoms with Gasteiger partial charge >= 0.3 is 0 Å². The Morgan fingerprint density at radius 3 is 2.70 bits per heavy atom. The van der Waals surface area contributed by atoms with Crippen molar-refractivity contribution >= 4 is 52.4 Å². The number of halogens is 3. The minimum absolute atomic E-state index is 0. The summed E-state index contributed by atoms with van der Waals surface area (Å²) in [7, 11) is 0. The fraction of sp³-hybridized carbons (Fsp3) is 0.211. The zero-order chi connectivity index (χ0) is 18.7. The lowest BCUT2D eigenvalue weighted by Crippen LogP contribution is -2.42. The van der Waals surface area contributed by atoms with Crippen molar-refractivity contribution in [2.75, 3.05) is 6.54 Å². The third kappa shape index (κ3) is 5.30. The van der Waals surface area contributed by atoms with Crippen molar-refractivity contribution in [3.05, 3.63) is 63.8 Å². The van der Waals surface area contributed by atoms with Crippen molar-refractivity contribution in [1.82, 2.24) is 10.3 Å². The molecule has 0 saturated carbocycles. The van der Waals surface area contributed by atoms with E-state index in [9.17, 15) is 9.90 Å². The van der Waals surface area contributed by atoms with Crippen LogP contribution in [0.15, 0.2) is 42.6 Å². The van der Waals surface area contributed by atoms with E-state index < -0.39 is 6.04 Å². The van der Waals surface area contributed by atoms with Crippen molar-refractivity contribution in [1.29, 1.82) is 0 Å². The predicted octanol–water partition coefficient (Wildman–Crippen LogP) is 3.83. The fourth-order valence-electron chi connectivity index (χ4n) is 2.84. The molecule has 5 nitrogen and oxygen atoms in total. The Morgan fingerprint density at radius 2 is 1.96 bits per heavy atom. The minimum atomic E-state index is -0.694. The van der Waals surface area contributed by atoms with Crippen LogP contribution in [0.4, 0.5) is 0 Å². The highest BCUT2D eigenvalue weighted by atomic mass is 35.5. The highest BCUT2D eigenvalue weighted by Crippen LogP contribution is 2.23. The molecule has 1 aromatic heterocycles. The summed E-state index contributed by atoms with van der Waals surface area (Å²) in [5.41, 5.74) is 8.73. The highest BCUT2D eigenvalue weighted by Gasteiger charge is 2.15. The summed E-state index contributed by atoms with van der Waals surface area (Å²) in [5, 5.41) is 14.4. The van der Waals surface area contributed by atoms with Crippen LogP contribution in [-0.2, 0) is 17.6 Å². The number of rotatable bonds is 6. The number of benzene rings is 2. The number of carbonyl (C=O) groups is 1. The Morgan fingerprint density at radius 1 is 1.19 bits per heavy atom. The zero-order valence-electron chi connectivity index (χ0n) is 14.3. The largest absolute Gasteiger partial charge is 0.508 e. The number of nitrogens with two attached hydrogens (primary N) is 1. The van der Waals surface area contributed by atoms with Gasteiger partial charge in [0.25, 0.3) is 0 Å². The first-order valence-corrected chi connectivity index (χ1v) is 8.96. The number of aromatic hydroxyl groups is 1. The standard InChI is InChI=1S/C19H19Cl2N3O2.ClH/c20-13-2-1-11(16(21)8-13)7-17(22)19(26)23-6-5-12-10-24-18-4-3-14(25)9-15(12)18;/h1-4,8-10,17,24-25H,5-7,22H2,(H,23,26);1H/t17-;/m1./s1. The van der Waals surface area contributed by atoms with Crippen molar-refractivity contribution in [3.63, 3.8) is 0 Å². The lowest BCUT2D eigenvalue weighted by atomic mass is 10.1. The van der Waals surface area contributed by atoms with Gasteiger partial charge in [-0.3, -0.25) is 4.79 Å².